The molecule has 0 heterocycles. The fourth-order valence-corrected chi connectivity index (χ4v) is 0.630. The zero-order valence-electron chi connectivity index (χ0n) is 7.66. The molecular weight excluding hydrogens is 179 g/mol. The third-order valence-corrected chi connectivity index (χ3v) is 1.33. The van der Waals surface area contributed by atoms with E-state index in [4.69, 9.17) is 9.84 Å². The zero-order chi connectivity index (χ0) is 10.1. The van der Waals surface area contributed by atoms with Crippen LogP contribution < -0.4 is 0 Å². The molecule has 0 aliphatic carbocycles. The Morgan fingerprint density at radius 1 is 1.46 bits per heavy atom. The van der Waals surface area contributed by atoms with Crippen molar-refractivity contribution in [2.24, 2.45) is 0 Å². The maximum absolute atomic E-state index is 12.2. The molecule has 5 heteroatoms. The lowest BCUT2D eigenvalue weighted by Crippen LogP contribution is -2.20. The van der Waals surface area contributed by atoms with E-state index in [0.29, 0.717) is 6.61 Å². The quantitative estimate of drug-likeness (QED) is 0.590. The number of ether oxygens (including phenoxy) is 2. The SMILES string of the molecule is CCCCOCCOC(F)C(=O)O. The lowest BCUT2D eigenvalue weighted by Gasteiger charge is -2.05. The molecule has 1 N–H and O–H groups in total. The molecule has 0 saturated carbocycles. The van der Waals surface area contributed by atoms with Gasteiger partial charge in [-0.3, -0.25) is 0 Å². The molecular formula is C8H15FO4. The standard InChI is InChI=1S/C8H15FO4/c1-2-3-4-12-5-6-13-7(9)8(10)11/h7H,2-6H2,1H3,(H,10,11). The van der Waals surface area contributed by atoms with Crippen molar-refractivity contribution in [3.05, 3.63) is 0 Å². The molecule has 1 unspecified atom stereocenters. The molecule has 0 aromatic heterocycles. The molecule has 0 aromatic carbocycles. The van der Waals surface area contributed by atoms with Crippen molar-refractivity contribution in [1.82, 2.24) is 0 Å². The van der Waals surface area contributed by atoms with Gasteiger partial charge in [-0.25, -0.2) is 9.18 Å². The highest BCUT2D eigenvalue weighted by Crippen LogP contribution is 1.94. The van der Waals surface area contributed by atoms with Crippen LogP contribution in [0.15, 0.2) is 0 Å². The monoisotopic (exact) mass is 194 g/mol. The van der Waals surface area contributed by atoms with Gasteiger partial charge < -0.3 is 14.6 Å². The molecule has 4 nitrogen and oxygen atoms in total. The molecule has 0 spiro atoms. The van der Waals surface area contributed by atoms with E-state index in [1.807, 2.05) is 6.92 Å². The second-order valence-electron chi connectivity index (χ2n) is 2.49. The Bertz CT molecular complexity index is 140. The summed E-state index contributed by atoms with van der Waals surface area (Å²) in [4.78, 5) is 9.92. The summed E-state index contributed by atoms with van der Waals surface area (Å²) >= 11 is 0. The third-order valence-electron chi connectivity index (χ3n) is 1.33. The molecule has 0 radical (unpaired) electrons. The van der Waals surface area contributed by atoms with Gasteiger partial charge in [0.1, 0.15) is 0 Å². The van der Waals surface area contributed by atoms with Crippen molar-refractivity contribution >= 4 is 5.97 Å². The maximum atomic E-state index is 12.2. The Hall–Kier alpha value is -0.680. The number of aliphatic carboxylic acids is 1. The lowest BCUT2D eigenvalue weighted by molar-refractivity contribution is -0.164. The van der Waals surface area contributed by atoms with Gasteiger partial charge in [0.25, 0.3) is 6.36 Å². The normalized spacial score (nSPS) is 12.8. The third kappa shape index (κ3) is 7.67. The number of rotatable bonds is 8. The molecule has 13 heavy (non-hydrogen) atoms. The average molecular weight is 194 g/mol. The number of hydrogen-bond donors (Lipinski definition) is 1. The fourth-order valence-electron chi connectivity index (χ4n) is 0.630. The van der Waals surface area contributed by atoms with Crippen molar-refractivity contribution in [1.29, 1.82) is 0 Å². The van der Waals surface area contributed by atoms with Crippen molar-refractivity contribution < 1.29 is 23.8 Å². The largest absolute Gasteiger partial charge is 0.477 e. The molecule has 0 rings (SSSR count). The van der Waals surface area contributed by atoms with Crippen LogP contribution in [0.3, 0.4) is 0 Å². The number of carboxylic acid groups (broad SMARTS) is 1. The first kappa shape index (κ1) is 12.3. The molecule has 0 aliphatic rings. The van der Waals surface area contributed by atoms with Gasteiger partial charge in [0.05, 0.1) is 13.2 Å². The van der Waals surface area contributed by atoms with Crippen molar-refractivity contribution in [3.8, 4) is 0 Å². The highest BCUT2D eigenvalue weighted by atomic mass is 19.1. The Labute approximate surface area is 76.6 Å². The van der Waals surface area contributed by atoms with Crippen LogP contribution in [0.5, 0.6) is 0 Å². The highest BCUT2D eigenvalue weighted by molar-refractivity contribution is 5.70. The van der Waals surface area contributed by atoms with Gasteiger partial charge in [-0.15, -0.1) is 0 Å². The lowest BCUT2D eigenvalue weighted by atomic mass is 10.4. The van der Waals surface area contributed by atoms with Crippen LogP contribution in [0.1, 0.15) is 19.8 Å². The first-order chi connectivity index (χ1) is 6.18. The molecule has 0 fully saturated rings. The Morgan fingerprint density at radius 2 is 2.15 bits per heavy atom. The Kier molecular flexibility index (Phi) is 7.53. The summed E-state index contributed by atoms with van der Waals surface area (Å²) in [6.07, 6.45) is -0.269. The predicted octanol–water partition coefficient (Wildman–Crippen LogP) is 1.20. The summed E-state index contributed by atoms with van der Waals surface area (Å²) in [6, 6.07) is 0. The minimum absolute atomic E-state index is 0.0306. The van der Waals surface area contributed by atoms with Crippen LogP contribution in [0.2, 0.25) is 0 Å². The van der Waals surface area contributed by atoms with Crippen molar-refractivity contribution in [2.45, 2.75) is 26.1 Å². The van der Waals surface area contributed by atoms with E-state index < -0.39 is 12.3 Å². The van der Waals surface area contributed by atoms with E-state index in [9.17, 15) is 9.18 Å². The van der Waals surface area contributed by atoms with Gasteiger partial charge in [0.15, 0.2) is 0 Å². The number of carbonyl (C=O) groups is 1. The van der Waals surface area contributed by atoms with E-state index in [1.165, 1.54) is 0 Å². The highest BCUT2D eigenvalue weighted by Gasteiger charge is 2.14. The topological polar surface area (TPSA) is 55.8 Å². The maximum Gasteiger partial charge on any atom is 0.366 e. The van der Waals surface area contributed by atoms with Crippen molar-refractivity contribution in [3.63, 3.8) is 0 Å². The summed E-state index contributed by atoms with van der Waals surface area (Å²) in [6.45, 7) is 2.83. The number of hydrogen-bond acceptors (Lipinski definition) is 3. The molecule has 1 atom stereocenters. The van der Waals surface area contributed by atoms with Gasteiger partial charge in [0.2, 0.25) is 0 Å². The van der Waals surface area contributed by atoms with Crippen LogP contribution in [-0.2, 0) is 14.3 Å². The number of carboxylic acids is 1. The van der Waals surface area contributed by atoms with Gasteiger partial charge >= 0.3 is 5.97 Å². The van der Waals surface area contributed by atoms with E-state index >= 15 is 0 Å². The van der Waals surface area contributed by atoms with E-state index in [-0.39, 0.29) is 13.2 Å². The first-order valence-corrected chi connectivity index (χ1v) is 4.24. The smallest absolute Gasteiger partial charge is 0.366 e. The molecule has 0 aromatic rings. The van der Waals surface area contributed by atoms with Crippen LogP contribution in [-0.4, -0.2) is 37.3 Å². The van der Waals surface area contributed by atoms with Gasteiger partial charge in [-0.05, 0) is 6.42 Å². The number of unbranched alkanes of at least 4 members (excludes halogenated alkanes) is 1. The minimum Gasteiger partial charge on any atom is -0.477 e. The molecule has 78 valence electrons. The summed E-state index contributed by atoms with van der Waals surface area (Å²) in [7, 11) is 0. The van der Waals surface area contributed by atoms with Crippen molar-refractivity contribution in [2.75, 3.05) is 19.8 Å². The molecule has 0 aliphatic heterocycles. The first-order valence-electron chi connectivity index (χ1n) is 4.24. The Morgan fingerprint density at radius 3 is 2.69 bits per heavy atom. The van der Waals surface area contributed by atoms with Crippen LogP contribution in [0.25, 0.3) is 0 Å². The fraction of sp³-hybridized carbons (Fsp3) is 0.875. The predicted molar refractivity (Wildman–Crippen MR) is 44.2 cm³/mol. The van der Waals surface area contributed by atoms with E-state index in [2.05, 4.69) is 4.74 Å². The summed E-state index contributed by atoms with van der Waals surface area (Å²) in [5.41, 5.74) is 0. The number of halogens is 1. The van der Waals surface area contributed by atoms with Crippen LogP contribution in [0.4, 0.5) is 4.39 Å². The summed E-state index contributed by atoms with van der Waals surface area (Å²) in [5.74, 6) is -1.60. The van der Waals surface area contributed by atoms with Crippen LogP contribution in [0, 0.1) is 0 Å². The number of alkyl halides is 1. The second-order valence-corrected chi connectivity index (χ2v) is 2.49. The van der Waals surface area contributed by atoms with Gasteiger partial charge in [0, 0.05) is 6.61 Å². The summed E-state index contributed by atoms with van der Waals surface area (Å²) in [5, 5.41) is 8.08. The van der Waals surface area contributed by atoms with Gasteiger partial charge in [-0.1, -0.05) is 13.3 Å². The Balaban J connectivity index is 3.11. The van der Waals surface area contributed by atoms with Crippen LogP contribution >= 0.6 is 0 Å². The van der Waals surface area contributed by atoms with Gasteiger partial charge in [-0.2, -0.15) is 0 Å². The molecule has 0 saturated heterocycles. The molecule has 0 amide bonds. The summed E-state index contributed by atoms with van der Waals surface area (Å²) < 4.78 is 21.5. The second kappa shape index (κ2) is 7.94. The average Bonchev–Trinajstić information content (AvgIpc) is 2.10. The van der Waals surface area contributed by atoms with E-state index in [1.54, 1.807) is 0 Å². The minimum atomic E-state index is -2.24. The van der Waals surface area contributed by atoms with E-state index in [0.717, 1.165) is 12.8 Å². The molecule has 0 bridgehead atoms. The zero-order valence-corrected chi connectivity index (χ0v) is 7.66.